The lowest BCUT2D eigenvalue weighted by atomic mass is 9.63. The Labute approximate surface area is 102 Å². The smallest absolute Gasteiger partial charge is 0.0576 e. The molecule has 96 valence electrons. The van der Waals surface area contributed by atoms with Gasteiger partial charge in [-0.15, -0.1) is 0 Å². The fraction of sp³-hybridized carbons (Fsp3) is 1.00. The van der Waals surface area contributed by atoms with Crippen LogP contribution in [0.25, 0.3) is 0 Å². The molecule has 1 aliphatic carbocycles. The zero-order chi connectivity index (χ0) is 12.5. The molecular formula is C15H30O. The van der Waals surface area contributed by atoms with Gasteiger partial charge in [-0.3, -0.25) is 0 Å². The molecule has 0 heterocycles. The Morgan fingerprint density at radius 3 is 2.19 bits per heavy atom. The molecule has 4 atom stereocenters. The van der Waals surface area contributed by atoms with Gasteiger partial charge in [0.05, 0.1) is 6.10 Å². The van der Waals surface area contributed by atoms with Crippen molar-refractivity contribution in [2.45, 2.75) is 66.9 Å². The van der Waals surface area contributed by atoms with Gasteiger partial charge in [0.15, 0.2) is 0 Å². The van der Waals surface area contributed by atoms with Crippen LogP contribution in [0.4, 0.5) is 0 Å². The van der Waals surface area contributed by atoms with Crippen LogP contribution in [0.1, 0.15) is 60.8 Å². The second kappa shape index (κ2) is 5.08. The Hall–Kier alpha value is -0.0400. The van der Waals surface area contributed by atoms with Gasteiger partial charge in [-0.25, -0.2) is 0 Å². The summed E-state index contributed by atoms with van der Waals surface area (Å²) in [5, 5.41) is 10.2. The minimum atomic E-state index is -0.0848. The first-order valence-corrected chi connectivity index (χ1v) is 6.90. The lowest BCUT2D eigenvalue weighted by Gasteiger charge is -2.44. The van der Waals surface area contributed by atoms with E-state index in [-0.39, 0.29) is 11.5 Å². The Bertz CT molecular complexity index is 214. The van der Waals surface area contributed by atoms with Crippen molar-refractivity contribution in [2.75, 3.05) is 0 Å². The zero-order valence-electron chi connectivity index (χ0n) is 12.0. The third-order valence-corrected chi connectivity index (χ3v) is 4.33. The van der Waals surface area contributed by atoms with Gasteiger partial charge in [-0.1, -0.05) is 41.5 Å². The summed E-state index contributed by atoms with van der Waals surface area (Å²) in [4.78, 5) is 0. The topological polar surface area (TPSA) is 20.2 Å². The molecule has 0 radical (unpaired) electrons. The predicted molar refractivity (Wildman–Crippen MR) is 70.3 cm³/mol. The SMILES string of the molecule is CC(C)CC1CC(C(C)(C)C)C(O)CC1C. The molecule has 0 spiro atoms. The second-order valence-corrected chi connectivity index (χ2v) is 7.38. The van der Waals surface area contributed by atoms with Crippen molar-refractivity contribution in [1.82, 2.24) is 0 Å². The van der Waals surface area contributed by atoms with E-state index in [0.717, 1.165) is 18.3 Å². The molecule has 0 bridgehead atoms. The number of aliphatic hydroxyl groups excluding tert-OH is 1. The summed E-state index contributed by atoms with van der Waals surface area (Å²) in [7, 11) is 0. The van der Waals surface area contributed by atoms with Crippen molar-refractivity contribution in [2.24, 2.45) is 29.1 Å². The third kappa shape index (κ3) is 3.48. The maximum Gasteiger partial charge on any atom is 0.0576 e. The minimum Gasteiger partial charge on any atom is -0.393 e. The second-order valence-electron chi connectivity index (χ2n) is 7.38. The monoisotopic (exact) mass is 226 g/mol. The van der Waals surface area contributed by atoms with Crippen LogP contribution in [0.2, 0.25) is 0 Å². The Morgan fingerprint density at radius 2 is 1.75 bits per heavy atom. The first-order valence-electron chi connectivity index (χ1n) is 6.90. The van der Waals surface area contributed by atoms with E-state index in [2.05, 4.69) is 41.5 Å². The van der Waals surface area contributed by atoms with Crippen molar-refractivity contribution in [3.63, 3.8) is 0 Å². The van der Waals surface area contributed by atoms with Crippen LogP contribution in [-0.4, -0.2) is 11.2 Å². The molecule has 1 N–H and O–H groups in total. The maximum atomic E-state index is 10.2. The molecule has 1 aliphatic rings. The first kappa shape index (κ1) is 14.0. The Kier molecular flexibility index (Phi) is 4.45. The van der Waals surface area contributed by atoms with Crippen LogP contribution in [0.15, 0.2) is 0 Å². The molecule has 4 unspecified atom stereocenters. The van der Waals surface area contributed by atoms with Crippen molar-refractivity contribution in [3.8, 4) is 0 Å². The van der Waals surface area contributed by atoms with E-state index >= 15 is 0 Å². The Balaban J connectivity index is 2.69. The van der Waals surface area contributed by atoms with E-state index in [9.17, 15) is 5.11 Å². The molecule has 1 nitrogen and oxygen atoms in total. The number of aliphatic hydroxyl groups is 1. The van der Waals surface area contributed by atoms with E-state index < -0.39 is 0 Å². The molecule has 0 aromatic rings. The van der Waals surface area contributed by atoms with Gasteiger partial charge in [-0.2, -0.15) is 0 Å². The van der Waals surface area contributed by atoms with Gasteiger partial charge in [0.2, 0.25) is 0 Å². The van der Waals surface area contributed by atoms with Gasteiger partial charge < -0.3 is 5.11 Å². The Morgan fingerprint density at radius 1 is 1.19 bits per heavy atom. The van der Waals surface area contributed by atoms with Crippen molar-refractivity contribution in [3.05, 3.63) is 0 Å². The van der Waals surface area contributed by atoms with E-state index in [1.165, 1.54) is 12.8 Å². The highest BCUT2D eigenvalue weighted by Gasteiger charge is 2.39. The molecule has 1 saturated carbocycles. The van der Waals surface area contributed by atoms with Gasteiger partial charge in [-0.05, 0) is 48.3 Å². The number of hydrogen-bond donors (Lipinski definition) is 1. The summed E-state index contributed by atoms with van der Waals surface area (Å²) in [6.45, 7) is 13.7. The highest BCUT2D eigenvalue weighted by atomic mass is 16.3. The lowest BCUT2D eigenvalue weighted by molar-refractivity contribution is -0.0335. The summed E-state index contributed by atoms with van der Waals surface area (Å²) >= 11 is 0. The van der Waals surface area contributed by atoms with E-state index in [4.69, 9.17) is 0 Å². The maximum absolute atomic E-state index is 10.2. The molecule has 16 heavy (non-hydrogen) atoms. The van der Waals surface area contributed by atoms with Crippen LogP contribution in [0, 0.1) is 29.1 Å². The standard InChI is InChI=1S/C15H30O/c1-10(2)7-12-9-13(15(4,5)6)14(16)8-11(12)3/h10-14,16H,7-9H2,1-6H3. The highest BCUT2D eigenvalue weighted by Crippen LogP contribution is 2.44. The van der Waals surface area contributed by atoms with E-state index in [1.54, 1.807) is 0 Å². The first-order chi connectivity index (χ1) is 7.21. The van der Waals surface area contributed by atoms with Crippen LogP contribution in [-0.2, 0) is 0 Å². The van der Waals surface area contributed by atoms with E-state index in [0.29, 0.717) is 11.8 Å². The molecule has 0 aliphatic heterocycles. The molecule has 1 rings (SSSR count). The van der Waals surface area contributed by atoms with E-state index in [1.807, 2.05) is 0 Å². The molecular weight excluding hydrogens is 196 g/mol. The fourth-order valence-electron chi connectivity index (χ4n) is 3.32. The predicted octanol–water partition coefficient (Wildman–Crippen LogP) is 4.10. The van der Waals surface area contributed by atoms with Crippen LogP contribution >= 0.6 is 0 Å². The molecule has 1 heteroatoms. The summed E-state index contributed by atoms with van der Waals surface area (Å²) in [6, 6.07) is 0. The molecule has 0 amide bonds. The number of rotatable bonds is 2. The normalized spacial score (nSPS) is 36.8. The third-order valence-electron chi connectivity index (χ3n) is 4.33. The average molecular weight is 226 g/mol. The van der Waals surface area contributed by atoms with Crippen LogP contribution in [0.5, 0.6) is 0 Å². The van der Waals surface area contributed by atoms with Gasteiger partial charge in [0, 0.05) is 0 Å². The summed E-state index contributed by atoms with van der Waals surface area (Å²) in [5.74, 6) is 2.76. The van der Waals surface area contributed by atoms with Gasteiger partial charge in [0.25, 0.3) is 0 Å². The summed E-state index contributed by atoms with van der Waals surface area (Å²) in [6.07, 6.45) is 3.45. The van der Waals surface area contributed by atoms with Gasteiger partial charge in [0.1, 0.15) is 0 Å². The van der Waals surface area contributed by atoms with Gasteiger partial charge >= 0.3 is 0 Å². The quantitative estimate of drug-likeness (QED) is 0.751. The minimum absolute atomic E-state index is 0.0848. The molecule has 0 aromatic heterocycles. The summed E-state index contributed by atoms with van der Waals surface area (Å²) < 4.78 is 0. The molecule has 0 saturated heterocycles. The zero-order valence-corrected chi connectivity index (χ0v) is 12.0. The largest absolute Gasteiger partial charge is 0.393 e. The average Bonchev–Trinajstić information content (AvgIpc) is 2.06. The molecule has 1 fully saturated rings. The van der Waals surface area contributed by atoms with Crippen LogP contribution in [0.3, 0.4) is 0 Å². The fourth-order valence-corrected chi connectivity index (χ4v) is 3.32. The highest BCUT2D eigenvalue weighted by molar-refractivity contribution is 4.89. The lowest BCUT2D eigenvalue weighted by Crippen LogP contribution is -2.41. The number of hydrogen-bond acceptors (Lipinski definition) is 1. The van der Waals surface area contributed by atoms with Crippen molar-refractivity contribution < 1.29 is 5.11 Å². The van der Waals surface area contributed by atoms with Crippen LogP contribution < -0.4 is 0 Å². The molecule has 0 aromatic carbocycles. The summed E-state index contributed by atoms with van der Waals surface area (Å²) in [5.41, 5.74) is 0.245. The van der Waals surface area contributed by atoms with Crippen molar-refractivity contribution >= 4 is 0 Å². The van der Waals surface area contributed by atoms with Crippen molar-refractivity contribution in [1.29, 1.82) is 0 Å².